The number of aromatic nitrogens is 1. The molecule has 1 N–H and O–H groups in total. The summed E-state index contributed by atoms with van der Waals surface area (Å²) in [5.74, 6) is 0.891. The maximum Gasteiger partial charge on any atom is 0.148 e. The van der Waals surface area contributed by atoms with Crippen LogP contribution in [-0.2, 0) is 0 Å². The molecule has 0 amide bonds. The van der Waals surface area contributed by atoms with Gasteiger partial charge in [-0.05, 0) is 29.8 Å². The Morgan fingerprint density at radius 3 is 2.21 bits per heavy atom. The first-order chi connectivity index (χ1) is 11.9. The van der Waals surface area contributed by atoms with E-state index < -0.39 is 0 Å². The van der Waals surface area contributed by atoms with Crippen molar-refractivity contribution in [3.63, 3.8) is 0 Å². The van der Waals surface area contributed by atoms with Gasteiger partial charge in [0, 0.05) is 18.1 Å². The number of nitrogens with one attached hydrogen (secondary N) is 1. The lowest BCUT2D eigenvalue weighted by Crippen LogP contribution is -2.48. The first kappa shape index (κ1) is 14.3. The van der Waals surface area contributed by atoms with E-state index in [9.17, 15) is 0 Å². The van der Waals surface area contributed by atoms with Gasteiger partial charge in [0.25, 0.3) is 0 Å². The molecule has 4 rings (SSSR count). The van der Waals surface area contributed by atoms with Crippen LogP contribution in [0.1, 0.15) is 5.56 Å². The van der Waals surface area contributed by atoms with Crippen molar-refractivity contribution < 1.29 is 0 Å². The highest BCUT2D eigenvalue weighted by atomic mass is 15.6. The Balaban J connectivity index is 1.73. The van der Waals surface area contributed by atoms with Crippen molar-refractivity contribution in [1.29, 1.82) is 0 Å². The summed E-state index contributed by atoms with van der Waals surface area (Å²) in [6, 6.07) is 26.7. The van der Waals surface area contributed by atoms with Crippen molar-refractivity contribution in [3.05, 3.63) is 96.8 Å². The van der Waals surface area contributed by atoms with Crippen LogP contribution in [0.25, 0.3) is 5.70 Å². The second-order valence-electron chi connectivity index (χ2n) is 5.55. The molecule has 0 unspecified atom stereocenters. The Bertz CT molecular complexity index is 816. The Morgan fingerprint density at radius 2 is 1.50 bits per heavy atom. The van der Waals surface area contributed by atoms with Crippen LogP contribution in [0, 0.1) is 0 Å². The average Bonchev–Trinajstić information content (AvgIpc) is 2.69. The fraction of sp³-hybridized carbons (Fsp3) is 0.0500. The van der Waals surface area contributed by atoms with Gasteiger partial charge in [-0.3, -0.25) is 5.01 Å². The Morgan fingerprint density at radius 1 is 0.792 bits per heavy atom. The van der Waals surface area contributed by atoms with E-state index in [0.717, 1.165) is 17.2 Å². The standard InChI is InChI=1S/C20H18N4/c1-3-9-17(10-4-1)19-15-22-24(20-13-7-8-14-21-20)16-23(19)18-11-5-2-6-12-18/h1-15,22H,16H2. The van der Waals surface area contributed by atoms with E-state index in [0.29, 0.717) is 6.67 Å². The molecular formula is C20H18N4. The molecule has 0 atom stereocenters. The number of para-hydroxylation sites is 1. The van der Waals surface area contributed by atoms with Gasteiger partial charge in [-0.2, -0.15) is 0 Å². The highest BCUT2D eigenvalue weighted by Crippen LogP contribution is 2.28. The summed E-state index contributed by atoms with van der Waals surface area (Å²) in [5.41, 5.74) is 6.81. The normalized spacial score (nSPS) is 14.1. The minimum atomic E-state index is 0.668. The molecule has 4 nitrogen and oxygen atoms in total. The van der Waals surface area contributed by atoms with Gasteiger partial charge in [-0.25, -0.2) is 4.98 Å². The van der Waals surface area contributed by atoms with Gasteiger partial charge in [0.05, 0.1) is 5.70 Å². The third kappa shape index (κ3) is 2.82. The lowest BCUT2D eigenvalue weighted by molar-refractivity contribution is 0.696. The van der Waals surface area contributed by atoms with Crippen molar-refractivity contribution in [2.75, 3.05) is 16.6 Å². The number of anilines is 2. The SMILES string of the molecule is C1=C(c2ccccc2)N(c2ccccc2)CN(c2ccccn2)N1. The minimum absolute atomic E-state index is 0.668. The fourth-order valence-corrected chi connectivity index (χ4v) is 2.80. The monoisotopic (exact) mass is 314 g/mol. The molecule has 0 radical (unpaired) electrons. The van der Waals surface area contributed by atoms with Crippen LogP contribution in [-0.4, -0.2) is 11.7 Å². The van der Waals surface area contributed by atoms with Gasteiger partial charge >= 0.3 is 0 Å². The fourth-order valence-electron chi connectivity index (χ4n) is 2.80. The van der Waals surface area contributed by atoms with Crippen LogP contribution in [0.5, 0.6) is 0 Å². The van der Waals surface area contributed by atoms with Gasteiger partial charge in [0.1, 0.15) is 12.5 Å². The zero-order valence-electron chi connectivity index (χ0n) is 13.2. The zero-order valence-corrected chi connectivity index (χ0v) is 13.2. The quantitative estimate of drug-likeness (QED) is 0.795. The van der Waals surface area contributed by atoms with E-state index in [-0.39, 0.29) is 0 Å². The number of nitrogens with zero attached hydrogens (tertiary/aromatic N) is 3. The first-order valence-electron chi connectivity index (χ1n) is 7.95. The number of pyridine rings is 1. The molecule has 0 fully saturated rings. The largest absolute Gasteiger partial charge is 0.319 e. The Labute approximate surface area is 141 Å². The minimum Gasteiger partial charge on any atom is -0.319 e. The van der Waals surface area contributed by atoms with Gasteiger partial charge in [-0.15, -0.1) is 0 Å². The summed E-state index contributed by atoms with van der Waals surface area (Å²) >= 11 is 0. The van der Waals surface area contributed by atoms with Crippen LogP contribution >= 0.6 is 0 Å². The molecule has 4 heteroatoms. The molecule has 0 saturated carbocycles. The van der Waals surface area contributed by atoms with E-state index in [1.807, 2.05) is 41.5 Å². The zero-order chi connectivity index (χ0) is 16.2. The summed E-state index contributed by atoms with van der Waals surface area (Å²) in [6.07, 6.45) is 3.83. The van der Waals surface area contributed by atoms with Gasteiger partial charge < -0.3 is 10.3 Å². The summed E-state index contributed by atoms with van der Waals surface area (Å²) in [5, 5.41) is 2.03. The highest BCUT2D eigenvalue weighted by Gasteiger charge is 2.22. The number of hydrogen-bond donors (Lipinski definition) is 1. The van der Waals surface area contributed by atoms with Crippen molar-refractivity contribution >= 4 is 17.2 Å². The van der Waals surface area contributed by atoms with E-state index in [1.54, 1.807) is 6.20 Å². The second kappa shape index (κ2) is 6.46. The van der Waals surface area contributed by atoms with Crippen LogP contribution in [0.2, 0.25) is 0 Å². The van der Waals surface area contributed by atoms with Crippen molar-refractivity contribution in [1.82, 2.24) is 10.4 Å². The molecular weight excluding hydrogens is 296 g/mol. The number of hydrogen-bond acceptors (Lipinski definition) is 4. The predicted octanol–water partition coefficient (Wildman–Crippen LogP) is 3.87. The number of benzene rings is 2. The maximum atomic E-state index is 4.44. The Kier molecular flexibility index (Phi) is 3.86. The van der Waals surface area contributed by atoms with Gasteiger partial charge in [0.15, 0.2) is 0 Å². The molecule has 1 aromatic heterocycles. The lowest BCUT2D eigenvalue weighted by atomic mass is 10.1. The molecule has 3 aromatic rings. The number of hydrazine groups is 1. The van der Waals surface area contributed by atoms with Gasteiger partial charge in [0.2, 0.25) is 0 Å². The third-order valence-electron chi connectivity index (χ3n) is 3.99. The molecule has 2 aromatic carbocycles. The molecule has 0 aliphatic carbocycles. The van der Waals surface area contributed by atoms with Crippen LogP contribution < -0.4 is 15.3 Å². The van der Waals surface area contributed by atoms with Crippen molar-refractivity contribution in [2.45, 2.75) is 0 Å². The van der Waals surface area contributed by atoms with E-state index in [1.165, 1.54) is 5.56 Å². The van der Waals surface area contributed by atoms with E-state index in [4.69, 9.17) is 0 Å². The second-order valence-corrected chi connectivity index (χ2v) is 5.55. The van der Waals surface area contributed by atoms with Crippen LogP contribution in [0.3, 0.4) is 0 Å². The summed E-state index contributed by atoms with van der Waals surface area (Å²) in [6.45, 7) is 0.668. The molecule has 0 spiro atoms. The topological polar surface area (TPSA) is 31.4 Å². The van der Waals surface area contributed by atoms with E-state index >= 15 is 0 Å². The van der Waals surface area contributed by atoms with Crippen LogP contribution in [0.15, 0.2) is 91.3 Å². The lowest BCUT2D eigenvalue weighted by Gasteiger charge is -2.38. The average molecular weight is 314 g/mol. The summed E-state index contributed by atoms with van der Waals surface area (Å²) < 4.78 is 0. The molecule has 0 bridgehead atoms. The van der Waals surface area contributed by atoms with Crippen molar-refractivity contribution in [2.24, 2.45) is 0 Å². The molecule has 24 heavy (non-hydrogen) atoms. The Hall–Kier alpha value is -3.27. The molecule has 2 heterocycles. The number of rotatable bonds is 3. The summed E-state index contributed by atoms with van der Waals surface area (Å²) in [4.78, 5) is 6.71. The first-order valence-corrected chi connectivity index (χ1v) is 7.95. The smallest absolute Gasteiger partial charge is 0.148 e. The molecule has 0 saturated heterocycles. The highest BCUT2D eigenvalue weighted by molar-refractivity contribution is 5.80. The maximum absolute atomic E-state index is 4.44. The van der Waals surface area contributed by atoms with Crippen molar-refractivity contribution in [3.8, 4) is 0 Å². The molecule has 118 valence electrons. The predicted molar refractivity (Wildman–Crippen MR) is 98.1 cm³/mol. The summed E-state index contributed by atoms with van der Waals surface area (Å²) in [7, 11) is 0. The molecule has 1 aliphatic heterocycles. The van der Waals surface area contributed by atoms with E-state index in [2.05, 4.69) is 63.8 Å². The molecule has 1 aliphatic rings. The third-order valence-corrected chi connectivity index (χ3v) is 3.99. The van der Waals surface area contributed by atoms with Gasteiger partial charge in [-0.1, -0.05) is 54.6 Å². The van der Waals surface area contributed by atoms with Crippen LogP contribution in [0.4, 0.5) is 11.5 Å².